The number of hydrogen-bond donors (Lipinski definition) is 1. The van der Waals surface area contributed by atoms with E-state index in [4.69, 9.17) is 10.2 Å². The molecule has 1 aromatic carbocycles. The molecule has 0 bridgehead atoms. The van der Waals surface area contributed by atoms with Crippen LogP contribution in [0.25, 0.3) is 0 Å². The van der Waals surface area contributed by atoms with E-state index < -0.39 is 0 Å². The quantitative estimate of drug-likeness (QED) is 0.857. The highest BCUT2D eigenvalue weighted by Crippen LogP contribution is 2.19. The van der Waals surface area contributed by atoms with Gasteiger partial charge in [0.2, 0.25) is 5.89 Å². The van der Waals surface area contributed by atoms with Crippen LogP contribution in [0.2, 0.25) is 0 Å². The molecule has 1 aliphatic rings. The van der Waals surface area contributed by atoms with Gasteiger partial charge in [-0.3, -0.25) is 0 Å². The van der Waals surface area contributed by atoms with Gasteiger partial charge >= 0.3 is 6.01 Å². The van der Waals surface area contributed by atoms with Crippen molar-refractivity contribution in [3.63, 3.8) is 0 Å². The lowest BCUT2D eigenvalue weighted by atomic mass is 10.0. The largest absolute Gasteiger partial charge is 0.407 e. The third kappa shape index (κ3) is 2.09. The first-order valence-corrected chi connectivity index (χ1v) is 6.21. The molecule has 2 N–H and O–H groups in total. The molecular formula is C13H16N4O. The zero-order valence-electron chi connectivity index (χ0n) is 10.2. The molecule has 0 spiro atoms. The van der Waals surface area contributed by atoms with E-state index in [-0.39, 0.29) is 0 Å². The topological polar surface area (TPSA) is 68.2 Å². The standard InChI is InChI=1S/C13H16N4O/c14-9-12-15-16-13(18-12)17-7-5-10-3-1-2-4-11(10)6-8-17/h1-4H,5-9,14H2. The second-order valence-electron chi connectivity index (χ2n) is 4.44. The van der Waals surface area contributed by atoms with E-state index in [2.05, 4.69) is 39.4 Å². The van der Waals surface area contributed by atoms with Crippen LogP contribution in [0.1, 0.15) is 17.0 Å². The number of aromatic nitrogens is 2. The summed E-state index contributed by atoms with van der Waals surface area (Å²) in [5.74, 6) is 0.492. The van der Waals surface area contributed by atoms with E-state index in [1.807, 2.05) is 0 Å². The molecule has 1 aromatic heterocycles. The molecule has 0 saturated heterocycles. The second kappa shape index (κ2) is 4.78. The van der Waals surface area contributed by atoms with Gasteiger partial charge in [0, 0.05) is 13.1 Å². The van der Waals surface area contributed by atoms with E-state index in [9.17, 15) is 0 Å². The Morgan fingerprint density at radius 1 is 1.11 bits per heavy atom. The summed E-state index contributed by atoms with van der Waals surface area (Å²) >= 11 is 0. The minimum atomic E-state index is 0.293. The van der Waals surface area contributed by atoms with Gasteiger partial charge in [-0.25, -0.2) is 0 Å². The molecule has 0 atom stereocenters. The van der Waals surface area contributed by atoms with Crippen molar-refractivity contribution in [2.75, 3.05) is 18.0 Å². The predicted octanol–water partition coefficient (Wildman–Crippen LogP) is 1.13. The smallest absolute Gasteiger partial charge is 0.318 e. The highest BCUT2D eigenvalue weighted by Gasteiger charge is 2.18. The molecule has 0 fully saturated rings. The lowest BCUT2D eigenvalue weighted by molar-refractivity contribution is 0.485. The van der Waals surface area contributed by atoms with Gasteiger partial charge in [-0.05, 0) is 24.0 Å². The number of nitrogens with two attached hydrogens (primary N) is 1. The number of fused-ring (bicyclic) bond motifs is 1. The molecule has 0 saturated carbocycles. The van der Waals surface area contributed by atoms with Crippen molar-refractivity contribution < 1.29 is 4.42 Å². The van der Waals surface area contributed by atoms with E-state index >= 15 is 0 Å². The van der Waals surface area contributed by atoms with Crippen molar-refractivity contribution in [3.8, 4) is 0 Å². The summed E-state index contributed by atoms with van der Waals surface area (Å²) in [6.45, 7) is 2.10. The van der Waals surface area contributed by atoms with Crippen LogP contribution < -0.4 is 10.6 Å². The van der Waals surface area contributed by atoms with Crippen LogP contribution in [0.3, 0.4) is 0 Å². The Kier molecular flexibility index (Phi) is 2.98. The fourth-order valence-corrected chi connectivity index (χ4v) is 2.31. The van der Waals surface area contributed by atoms with E-state index in [1.165, 1.54) is 11.1 Å². The van der Waals surface area contributed by atoms with Crippen LogP contribution in [0.15, 0.2) is 28.7 Å². The first-order valence-electron chi connectivity index (χ1n) is 6.21. The highest BCUT2D eigenvalue weighted by atomic mass is 16.4. The molecule has 5 heteroatoms. The maximum Gasteiger partial charge on any atom is 0.318 e. The summed E-state index contributed by atoms with van der Waals surface area (Å²) in [7, 11) is 0. The number of nitrogens with zero attached hydrogens (tertiary/aromatic N) is 3. The Hall–Kier alpha value is -1.88. The van der Waals surface area contributed by atoms with Gasteiger partial charge in [0.15, 0.2) is 0 Å². The van der Waals surface area contributed by atoms with Gasteiger partial charge in [-0.1, -0.05) is 29.4 Å². The van der Waals surface area contributed by atoms with Crippen molar-refractivity contribution >= 4 is 6.01 Å². The molecule has 0 radical (unpaired) electrons. The second-order valence-corrected chi connectivity index (χ2v) is 4.44. The van der Waals surface area contributed by atoms with Gasteiger partial charge < -0.3 is 15.1 Å². The molecule has 1 aliphatic heterocycles. The minimum absolute atomic E-state index is 0.293. The fraction of sp³-hybridized carbons (Fsp3) is 0.385. The number of hydrogen-bond acceptors (Lipinski definition) is 5. The summed E-state index contributed by atoms with van der Waals surface area (Å²) in [4.78, 5) is 2.13. The maximum atomic E-state index is 5.51. The summed E-state index contributed by atoms with van der Waals surface area (Å²) in [5, 5.41) is 7.95. The molecule has 5 nitrogen and oxygen atoms in total. The van der Waals surface area contributed by atoms with Crippen LogP contribution in [0, 0.1) is 0 Å². The maximum absolute atomic E-state index is 5.51. The number of anilines is 1. The van der Waals surface area contributed by atoms with Crippen LogP contribution in [-0.2, 0) is 19.4 Å². The van der Waals surface area contributed by atoms with Gasteiger partial charge in [0.1, 0.15) is 0 Å². The Morgan fingerprint density at radius 3 is 2.33 bits per heavy atom. The van der Waals surface area contributed by atoms with Gasteiger partial charge in [-0.15, -0.1) is 5.10 Å². The number of rotatable bonds is 2. The van der Waals surface area contributed by atoms with E-state index in [0.29, 0.717) is 18.5 Å². The molecule has 0 unspecified atom stereocenters. The monoisotopic (exact) mass is 244 g/mol. The van der Waals surface area contributed by atoms with Crippen molar-refractivity contribution in [1.82, 2.24) is 10.2 Å². The van der Waals surface area contributed by atoms with Crippen LogP contribution in [0.5, 0.6) is 0 Å². The average molecular weight is 244 g/mol. The minimum Gasteiger partial charge on any atom is -0.407 e. The van der Waals surface area contributed by atoms with Crippen molar-refractivity contribution in [2.45, 2.75) is 19.4 Å². The first kappa shape index (κ1) is 11.2. The molecule has 18 heavy (non-hydrogen) atoms. The lowest BCUT2D eigenvalue weighted by Crippen LogP contribution is -2.26. The lowest BCUT2D eigenvalue weighted by Gasteiger charge is -2.16. The fourth-order valence-electron chi connectivity index (χ4n) is 2.31. The predicted molar refractivity (Wildman–Crippen MR) is 68.3 cm³/mol. The SMILES string of the molecule is NCc1nnc(N2CCc3ccccc3CC2)o1. The Morgan fingerprint density at radius 2 is 1.78 bits per heavy atom. The molecule has 94 valence electrons. The van der Waals surface area contributed by atoms with Gasteiger partial charge in [0.25, 0.3) is 0 Å². The number of benzene rings is 1. The van der Waals surface area contributed by atoms with Gasteiger partial charge in [-0.2, -0.15) is 0 Å². The molecular weight excluding hydrogens is 228 g/mol. The zero-order valence-corrected chi connectivity index (χ0v) is 10.2. The first-order chi connectivity index (χ1) is 8.86. The normalized spacial score (nSPS) is 15.3. The van der Waals surface area contributed by atoms with Crippen LogP contribution >= 0.6 is 0 Å². The summed E-state index contributed by atoms with van der Waals surface area (Å²) in [6, 6.07) is 9.15. The van der Waals surface area contributed by atoms with Crippen molar-refractivity contribution in [2.24, 2.45) is 5.73 Å². The van der Waals surface area contributed by atoms with Crippen LogP contribution in [0.4, 0.5) is 6.01 Å². The van der Waals surface area contributed by atoms with Gasteiger partial charge in [0.05, 0.1) is 6.54 Å². The summed E-state index contributed by atoms with van der Waals surface area (Å²) in [6.07, 6.45) is 2.02. The van der Waals surface area contributed by atoms with Crippen LogP contribution in [-0.4, -0.2) is 23.3 Å². The Balaban J connectivity index is 1.78. The van der Waals surface area contributed by atoms with E-state index in [0.717, 1.165) is 25.9 Å². The summed E-state index contributed by atoms with van der Waals surface area (Å²) < 4.78 is 5.51. The highest BCUT2D eigenvalue weighted by molar-refractivity contribution is 5.34. The van der Waals surface area contributed by atoms with Crippen molar-refractivity contribution in [1.29, 1.82) is 0 Å². The third-order valence-electron chi connectivity index (χ3n) is 3.32. The molecule has 0 aliphatic carbocycles. The third-order valence-corrected chi connectivity index (χ3v) is 3.32. The Bertz CT molecular complexity index is 510. The van der Waals surface area contributed by atoms with E-state index in [1.54, 1.807) is 0 Å². The molecule has 3 rings (SSSR count). The molecule has 2 aromatic rings. The summed E-state index contributed by atoms with van der Waals surface area (Å²) in [5.41, 5.74) is 8.31. The van der Waals surface area contributed by atoms with Crippen molar-refractivity contribution in [3.05, 3.63) is 41.3 Å². The Labute approximate surface area is 106 Å². The average Bonchev–Trinajstić information content (AvgIpc) is 2.79. The zero-order chi connectivity index (χ0) is 12.4. The molecule has 0 amide bonds. The molecule has 2 heterocycles.